The number of aryl methyl sites for hydroxylation is 1. The summed E-state index contributed by atoms with van der Waals surface area (Å²) in [6.45, 7) is 7.93. The fourth-order valence-electron chi connectivity index (χ4n) is 2.40. The summed E-state index contributed by atoms with van der Waals surface area (Å²) in [5, 5.41) is 4.45. The Hall–Kier alpha value is -0.730. The minimum absolute atomic E-state index is 0.609. The minimum Gasteiger partial charge on any atom is -0.382 e. The molecule has 1 fully saturated rings. The molecule has 0 saturated carbocycles. The van der Waals surface area contributed by atoms with Crippen molar-refractivity contribution in [1.29, 1.82) is 0 Å². The highest BCUT2D eigenvalue weighted by Crippen LogP contribution is 2.22. The van der Waals surface area contributed by atoms with E-state index in [1.807, 2.05) is 12.1 Å². The van der Waals surface area contributed by atoms with E-state index in [2.05, 4.69) is 30.1 Å². The summed E-state index contributed by atoms with van der Waals surface area (Å²) in [4.78, 5) is 2.51. The number of nitrogens with one attached hydrogen (secondary N) is 1. The average molecular weight is 253 g/mol. The van der Waals surface area contributed by atoms with Crippen molar-refractivity contribution >= 4 is 17.3 Å². The molecule has 2 nitrogen and oxygen atoms in total. The smallest absolute Gasteiger partial charge is 0.0410 e. The van der Waals surface area contributed by atoms with Crippen LogP contribution in [0.1, 0.15) is 25.3 Å². The lowest BCUT2D eigenvalue weighted by atomic mass is 10.0. The zero-order valence-corrected chi connectivity index (χ0v) is 11.4. The highest BCUT2D eigenvalue weighted by Gasteiger charge is 2.18. The molecular formula is C14H21ClN2. The van der Waals surface area contributed by atoms with Crippen molar-refractivity contribution in [3.8, 4) is 0 Å². The first kappa shape index (κ1) is 12.7. The summed E-state index contributed by atoms with van der Waals surface area (Å²) in [6.07, 6.45) is 2.46. The van der Waals surface area contributed by atoms with E-state index in [0.29, 0.717) is 6.04 Å². The number of hydrogen-bond donors (Lipinski definition) is 1. The molecule has 0 aromatic heterocycles. The van der Waals surface area contributed by atoms with Gasteiger partial charge in [-0.25, -0.2) is 0 Å². The van der Waals surface area contributed by atoms with E-state index in [0.717, 1.165) is 5.02 Å². The van der Waals surface area contributed by atoms with Gasteiger partial charge in [0.1, 0.15) is 0 Å². The predicted octanol–water partition coefficient (Wildman–Crippen LogP) is 3.54. The molecule has 1 saturated heterocycles. The summed E-state index contributed by atoms with van der Waals surface area (Å²) in [5.74, 6) is 0. The average Bonchev–Trinajstić information content (AvgIpc) is 2.34. The number of hydrogen-bond acceptors (Lipinski definition) is 2. The van der Waals surface area contributed by atoms with Crippen LogP contribution in [0.3, 0.4) is 0 Å². The number of nitrogens with zero attached hydrogens (tertiary/aromatic N) is 1. The van der Waals surface area contributed by atoms with Gasteiger partial charge in [-0.1, -0.05) is 18.5 Å². The predicted molar refractivity (Wildman–Crippen MR) is 74.9 cm³/mol. The van der Waals surface area contributed by atoms with Crippen molar-refractivity contribution < 1.29 is 0 Å². The van der Waals surface area contributed by atoms with Crippen LogP contribution in [0.5, 0.6) is 0 Å². The van der Waals surface area contributed by atoms with Gasteiger partial charge in [-0.15, -0.1) is 0 Å². The van der Waals surface area contributed by atoms with Crippen molar-refractivity contribution in [3.05, 3.63) is 28.8 Å². The van der Waals surface area contributed by atoms with E-state index >= 15 is 0 Å². The number of anilines is 1. The topological polar surface area (TPSA) is 15.3 Å². The molecule has 0 radical (unpaired) electrons. The Bertz CT molecular complexity index is 370. The molecule has 1 aromatic rings. The van der Waals surface area contributed by atoms with Crippen LogP contribution in [0, 0.1) is 6.92 Å². The quantitative estimate of drug-likeness (QED) is 0.885. The third-order valence-electron chi connectivity index (χ3n) is 3.58. The maximum absolute atomic E-state index is 5.96. The molecule has 0 unspecified atom stereocenters. The van der Waals surface area contributed by atoms with Gasteiger partial charge in [0.05, 0.1) is 0 Å². The summed E-state index contributed by atoms with van der Waals surface area (Å²) in [7, 11) is 0. The molecule has 3 heteroatoms. The van der Waals surface area contributed by atoms with Crippen LogP contribution in [0.25, 0.3) is 0 Å². The Balaban J connectivity index is 1.93. The van der Waals surface area contributed by atoms with Gasteiger partial charge in [-0.3, -0.25) is 0 Å². The number of likely N-dealkylation sites (tertiary alicyclic amines) is 1. The van der Waals surface area contributed by atoms with Crippen LogP contribution in [0.2, 0.25) is 5.02 Å². The first-order chi connectivity index (χ1) is 8.19. The molecule has 1 aliphatic heterocycles. The van der Waals surface area contributed by atoms with Gasteiger partial charge in [-0.2, -0.15) is 0 Å². The van der Waals surface area contributed by atoms with E-state index in [1.165, 1.54) is 43.7 Å². The number of benzene rings is 1. The van der Waals surface area contributed by atoms with E-state index in [-0.39, 0.29) is 0 Å². The van der Waals surface area contributed by atoms with Gasteiger partial charge in [0.25, 0.3) is 0 Å². The van der Waals surface area contributed by atoms with E-state index in [1.54, 1.807) is 0 Å². The zero-order valence-electron chi connectivity index (χ0n) is 10.7. The maximum Gasteiger partial charge on any atom is 0.0410 e. The fraction of sp³-hybridized carbons (Fsp3) is 0.571. The molecule has 94 valence electrons. The summed E-state index contributed by atoms with van der Waals surface area (Å²) in [5.41, 5.74) is 2.46. The summed E-state index contributed by atoms with van der Waals surface area (Å²) >= 11 is 5.96. The third kappa shape index (κ3) is 3.36. The second-order valence-corrected chi connectivity index (χ2v) is 5.25. The summed E-state index contributed by atoms with van der Waals surface area (Å²) in [6, 6.07) is 6.67. The van der Waals surface area contributed by atoms with E-state index in [4.69, 9.17) is 11.6 Å². The molecule has 0 aliphatic carbocycles. The number of piperidine rings is 1. The SMILES string of the molecule is CCN1CCC(Nc2ccc(Cl)cc2C)CC1. The normalized spacial score (nSPS) is 18.3. The second-order valence-electron chi connectivity index (χ2n) is 4.81. The first-order valence-electron chi connectivity index (χ1n) is 6.44. The summed E-state index contributed by atoms with van der Waals surface area (Å²) < 4.78 is 0. The van der Waals surface area contributed by atoms with Gasteiger partial charge in [0, 0.05) is 29.8 Å². The van der Waals surface area contributed by atoms with Gasteiger partial charge in [-0.05, 0) is 50.1 Å². The minimum atomic E-state index is 0.609. The lowest BCUT2D eigenvalue weighted by Gasteiger charge is -2.32. The Morgan fingerprint density at radius 1 is 1.35 bits per heavy atom. The number of halogens is 1. The van der Waals surface area contributed by atoms with Crippen LogP contribution >= 0.6 is 11.6 Å². The van der Waals surface area contributed by atoms with Gasteiger partial charge < -0.3 is 10.2 Å². The largest absolute Gasteiger partial charge is 0.382 e. The standard InChI is InChI=1S/C14H21ClN2/c1-3-17-8-6-13(7-9-17)16-14-5-4-12(15)10-11(14)2/h4-5,10,13,16H,3,6-9H2,1-2H3. The van der Waals surface area contributed by atoms with Crippen molar-refractivity contribution in [1.82, 2.24) is 4.90 Å². The highest BCUT2D eigenvalue weighted by atomic mass is 35.5. The van der Waals surface area contributed by atoms with Crippen molar-refractivity contribution in [2.75, 3.05) is 25.0 Å². The fourth-order valence-corrected chi connectivity index (χ4v) is 2.63. The molecular weight excluding hydrogens is 232 g/mol. The Morgan fingerprint density at radius 3 is 2.65 bits per heavy atom. The zero-order chi connectivity index (χ0) is 12.3. The molecule has 1 aliphatic rings. The monoisotopic (exact) mass is 252 g/mol. The lowest BCUT2D eigenvalue weighted by Crippen LogP contribution is -2.38. The van der Waals surface area contributed by atoms with Gasteiger partial charge >= 0.3 is 0 Å². The molecule has 1 aromatic carbocycles. The molecule has 0 bridgehead atoms. The molecule has 0 atom stereocenters. The van der Waals surface area contributed by atoms with Crippen LogP contribution in [-0.2, 0) is 0 Å². The van der Waals surface area contributed by atoms with Crippen molar-refractivity contribution in [2.24, 2.45) is 0 Å². The van der Waals surface area contributed by atoms with Crippen LogP contribution in [-0.4, -0.2) is 30.6 Å². The van der Waals surface area contributed by atoms with Crippen molar-refractivity contribution in [3.63, 3.8) is 0 Å². The van der Waals surface area contributed by atoms with Crippen LogP contribution < -0.4 is 5.32 Å². The van der Waals surface area contributed by atoms with E-state index in [9.17, 15) is 0 Å². The molecule has 0 spiro atoms. The van der Waals surface area contributed by atoms with Crippen molar-refractivity contribution in [2.45, 2.75) is 32.7 Å². The number of rotatable bonds is 3. The molecule has 17 heavy (non-hydrogen) atoms. The third-order valence-corrected chi connectivity index (χ3v) is 3.82. The van der Waals surface area contributed by atoms with Gasteiger partial charge in [0.2, 0.25) is 0 Å². The Morgan fingerprint density at radius 2 is 2.06 bits per heavy atom. The maximum atomic E-state index is 5.96. The molecule has 1 N–H and O–H groups in total. The second kappa shape index (κ2) is 5.74. The van der Waals surface area contributed by atoms with E-state index < -0.39 is 0 Å². The van der Waals surface area contributed by atoms with Crippen LogP contribution in [0.4, 0.5) is 5.69 Å². The van der Waals surface area contributed by atoms with Gasteiger partial charge in [0.15, 0.2) is 0 Å². The Labute approximate surface area is 109 Å². The first-order valence-corrected chi connectivity index (χ1v) is 6.82. The Kier molecular flexibility index (Phi) is 4.30. The van der Waals surface area contributed by atoms with Crippen LogP contribution in [0.15, 0.2) is 18.2 Å². The molecule has 2 rings (SSSR count). The molecule has 1 heterocycles. The lowest BCUT2D eigenvalue weighted by molar-refractivity contribution is 0.229. The highest BCUT2D eigenvalue weighted by molar-refractivity contribution is 6.30. The molecule has 0 amide bonds.